The van der Waals surface area contributed by atoms with Gasteiger partial charge < -0.3 is 11.1 Å². The second-order valence-electron chi connectivity index (χ2n) is 5.05. The van der Waals surface area contributed by atoms with E-state index in [0.29, 0.717) is 5.69 Å². The largest absolute Gasteiger partial charge is 0.369 e. The van der Waals surface area contributed by atoms with Gasteiger partial charge in [0.05, 0.1) is 18.2 Å². The predicted octanol–water partition coefficient (Wildman–Crippen LogP) is 0.615. The quantitative estimate of drug-likeness (QED) is 0.642. The van der Waals surface area contributed by atoms with Crippen molar-refractivity contribution in [3.8, 4) is 0 Å². The third kappa shape index (κ3) is 5.05. The van der Waals surface area contributed by atoms with Crippen molar-refractivity contribution < 1.29 is 22.4 Å². The van der Waals surface area contributed by atoms with Gasteiger partial charge in [-0.3, -0.25) is 9.59 Å². The van der Waals surface area contributed by atoms with E-state index in [1.54, 1.807) is 5.38 Å². The summed E-state index contributed by atoms with van der Waals surface area (Å²) in [4.78, 5) is 26.3. The summed E-state index contributed by atoms with van der Waals surface area (Å²) in [5.41, 5.74) is 5.45. The van der Waals surface area contributed by atoms with Crippen molar-refractivity contribution in [3.63, 3.8) is 0 Å². The SMILES string of the molecule is CC(NS(=O)(=O)c1ccccc1F)C(=O)Nc1nc(CC(N)=O)cs1. The lowest BCUT2D eigenvalue weighted by atomic mass is 10.3. The lowest BCUT2D eigenvalue weighted by Gasteiger charge is -2.13. The van der Waals surface area contributed by atoms with Crippen molar-refractivity contribution in [1.29, 1.82) is 0 Å². The monoisotopic (exact) mass is 386 g/mol. The number of primary amides is 1. The maximum atomic E-state index is 13.6. The molecule has 0 bridgehead atoms. The number of hydrogen-bond acceptors (Lipinski definition) is 6. The summed E-state index contributed by atoms with van der Waals surface area (Å²) in [6.07, 6.45) is -0.0676. The van der Waals surface area contributed by atoms with E-state index in [9.17, 15) is 22.4 Å². The van der Waals surface area contributed by atoms with Gasteiger partial charge in [0.1, 0.15) is 10.7 Å². The number of aromatic nitrogens is 1. The molecule has 1 atom stereocenters. The highest BCUT2D eigenvalue weighted by atomic mass is 32.2. The molecule has 0 saturated heterocycles. The lowest BCUT2D eigenvalue weighted by Crippen LogP contribution is -2.41. The van der Waals surface area contributed by atoms with E-state index >= 15 is 0 Å². The number of carbonyl (C=O) groups is 2. The van der Waals surface area contributed by atoms with Crippen LogP contribution in [0, 0.1) is 5.82 Å². The average Bonchev–Trinajstić information content (AvgIpc) is 2.93. The van der Waals surface area contributed by atoms with Crippen molar-refractivity contribution in [1.82, 2.24) is 9.71 Å². The van der Waals surface area contributed by atoms with Gasteiger partial charge in [0, 0.05) is 5.38 Å². The number of thiazole rings is 1. The minimum atomic E-state index is -4.20. The topological polar surface area (TPSA) is 131 Å². The highest BCUT2D eigenvalue weighted by Gasteiger charge is 2.25. The summed E-state index contributed by atoms with van der Waals surface area (Å²) in [6, 6.07) is 3.66. The third-order valence-electron chi connectivity index (χ3n) is 2.99. The predicted molar refractivity (Wildman–Crippen MR) is 89.8 cm³/mol. The molecule has 8 nitrogen and oxygen atoms in total. The van der Waals surface area contributed by atoms with Crippen molar-refractivity contribution >= 4 is 38.3 Å². The molecule has 2 rings (SSSR count). The number of hydrogen-bond donors (Lipinski definition) is 3. The van der Waals surface area contributed by atoms with Gasteiger partial charge in [-0.25, -0.2) is 17.8 Å². The number of benzene rings is 1. The van der Waals surface area contributed by atoms with Crippen LogP contribution in [-0.2, 0) is 26.0 Å². The van der Waals surface area contributed by atoms with E-state index in [2.05, 4.69) is 15.0 Å². The molecule has 0 saturated carbocycles. The molecule has 0 aliphatic carbocycles. The van der Waals surface area contributed by atoms with E-state index in [4.69, 9.17) is 5.73 Å². The fraction of sp³-hybridized carbons (Fsp3) is 0.214. The molecule has 0 aliphatic rings. The summed E-state index contributed by atoms with van der Waals surface area (Å²) in [5, 5.41) is 4.16. The summed E-state index contributed by atoms with van der Waals surface area (Å²) in [6.45, 7) is 1.31. The Labute approximate surface area is 147 Å². The number of anilines is 1. The Morgan fingerprint density at radius 2 is 2.04 bits per heavy atom. The maximum Gasteiger partial charge on any atom is 0.244 e. The fourth-order valence-electron chi connectivity index (χ4n) is 1.85. The molecule has 25 heavy (non-hydrogen) atoms. The zero-order valence-electron chi connectivity index (χ0n) is 13.0. The Balaban J connectivity index is 2.04. The zero-order chi connectivity index (χ0) is 18.6. The molecular weight excluding hydrogens is 371 g/mol. The average molecular weight is 386 g/mol. The van der Waals surface area contributed by atoms with E-state index < -0.39 is 38.6 Å². The fourth-order valence-corrected chi connectivity index (χ4v) is 3.85. The molecule has 1 heterocycles. The number of sulfonamides is 1. The standard InChI is InChI=1S/C14H15FN4O4S2/c1-8(19-25(22,23)11-5-3-2-4-10(11)15)13(21)18-14-17-9(7-24-14)6-12(16)20/h2-5,7-8,19H,6H2,1H3,(H2,16,20)(H,17,18,21). The van der Waals surface area contributed by atoms with Crippen LogP contribution in [0.3, 0.4) is 0 Å². The molecule has 2 amide bonds. The molecule has 1 aromatic heterocycles. The molecule has 2 aromatic rings. The second-order valence-corrected chi connectivity index (χ2v) is 7.59. The van der Waals surface area contributed by atoms with Gasteiger partial charge in [0.25, 0.3) is 0 Å². The minimum absolute atomic E-state index is 0.0676. The number of rotatable bonds is 7. The smallest absolute Gasteiger partial charge is 0.244 e. The Morgan fingerprint density at radius 1 is 1.36 bits per heavy atom. The van der Waals surface area contributed by atoms with E-state index in [1.807, 2.05) is 0 Å². The number of nitrogens with zero attached hydrogens (tertiary/aromatic N) is 1. The highest BCUT2D eigenvalue weighted by Crippen LogP contribution is 2.17. The maximum absolute atomic E-state index is 13.6. The Hall–Kier alpha value is -2.37. The number of nitrogens with one attached hydrogen (secondary N) is 2. The molecule has 1 aromatic carbocycles. The molecule has 0 aliphatic heterocycles. The van der Waals surface area contributed by atoms with Gasteiger partial charge in [-0.2, -0.15) is 4.72 Å². The number of nitrogens with two attached hydrogens (primary N) is 1. The number of halogens is 1. The highest BCUT2D eigenvalue weighted by molar-refractivity contribution is 7.89. The van der Waals surface area contributed by atoms with Gasteiger partial charge in [0.2, 0.25) is 21.8 Å². The molecule has 0 fully saturated rings. The van der Waals surface area contributed by atoms with Crippen LogP contribution < -0.4 is 15.8 Å². The first kappa shape index (κ1) is 19.0. The first-order valence-electron chi connectivity index (χ1n) is 6.99. The van der Waals surface area contributed by atoms with Crippen LogP contribution in [0.4, 0.5) is 9.52 Å². The van der Waals surface area contributed by atoms with Crippen LogP contribution in [0.15, 0.2) is 34.5 Å². The van der Waals surface area contributed by atoms with Gasteiger partial charge >= 0.3 is 0 Å². The van der Waals surface area contributed by atoms with Crippen LogP contribution in [0.25, 0.3) is 0 Å². The first-order chi connectivity index (χ1) is 11.7. The zero-order valence-corrected chi connectivity index (χ0v) is 14.7. The van der Waals surface area contributed by atoms with Crippen LogP contribution in [-0.4, -0.2) is 31.3 Å². The lowest BCUT2D eigenvalue weighted by molar-refractivity contribution is -0.118. The Bertz CT molecular complexity index is 898. The summed E-state index contributed by atoms with van der Waals surface area (Å²) in [7, 11) is -4.20. The summed E-state index contributed by atoms with van der Waals surface area (Å²) >= 11 is 1.07. The van der Waals surface area contributed by atoms with Crippen LogP contribution in [0.2, 0.25) is 0 Å². The van der Waals surface area contributed by atoms with Gasteiger partial charge in [-0.15, -0.1) is 11.3 Å². The normalized spacial score (nSPS) is 12.6. The van der Waals surface area contributed by atoms with Gasteiger partial charge in [-0.1, -0.05) is 12.1 Å². The van der Waals surface area contributed by atoms with Crippen molar-refractivity contribution in [3.05, 3.63) is 41.2 Å². The first-order valence-corrected chi connectivity index (χ1v) is 9.36. The van der Waals surface area contributed by atoms with Crippen molar-refractivity contribution in [2.24, 2.45) is 5.73 Å². The van der Waals surface area contributed by atoms with Crippen molar-refractivity contribution in [2.45, 2.75) is 24.3 Å². The third-order valence-corrected chi connectivity index (χ3v) is 5.37. The molecular formula is C14H15FN4O4S2. The van der Waals surface area contributed by atoms with Crippen LogP contribution in [0.1, 0.15) is 12.6 Å². The molecule has 1 unspecified atom stereocenters. The van der Waals surface area contributed by atoms with Crippen LogP contribution in [0.5, 0.6) is 0 Å². The van der Waals surface area contributed by atoms with Crippen molar-refractivity contribution in [2.75, 3.05) is 5.32 Å². The van der Waals surface area contributed by atoms with Gasteiger partial charge in [-0.05, 0) is 19.1 Å². The molecule has 0 spiro atoms. The Morgan fingerprint density at radius 3 is 2.68 bits per heavy atom. The van der Waals surface area contributed by atoms with Gasteiger partial charge in [0.15, 0.2) is 5.13 Å². The van der Waals surface area contributed by atoms with E-state index in [1.165, 1.54) is 19.1 Å². The minimum Gasteiger partial charge on any atom is -0.369 e. The second kappa shape index (κ2) is 7.68. The summed E-state index contributed by atoms with van der Waals surface area (Å²) in [5.74, 6) is -2.16. The summed E-state index contributed by atoms with van der Waals surface area (Å²) < 4.78 is 40.0. The van der Waals surface area contributed by atoms with Crippen LogP contribution >= 0.6 is 11.3 Å². The number of amides is 2. The molecule has 134 valence electrons. The molecule has 4 N–H and O–H groups in total. The van der Waals surface area contributed by atoms with E-state index in [0.717, 1.165) is 23.5 Å². The molecule has 0 radical (unpaired) electrons. The van der Waals surface area contributed by atoms with E-state index in [-0.39, 0.29) is 11.6 Å². The number of carbonyl (C=O) groups excluding carboxylic acids is 2. The Kier molecular flexibility index (Phi) is 5.82. The molecule has 11 heteroatoms.